The maximum Gasteiger partial charge on any atom is 0.221 e. The van der Waals surface area contributed by atoms with E-state index in [0.29, 0.717) is 58.9 Å². The van der Waals surface area contributed by atoms with E-state index in [1.54, 1.807) is 0 Å². The SMILES string of the molecule is NCC(O)CNC(=O)CCN(CCCCN(CCCCN(CCC(=O)NCC(O)CN)CCC(=O)NCC(O)CN)CCCCN(CCC(=O)NCC(O)CN)CCC(=O)NCC(O)CN)CCC(=O)NCC(O)CN. The first-order valence-electron chi connectivity index (χ1n) is 27.2. The zero-order chi connectivity index (χ0) is 56.9. The van der Waals surface area contributed by atoms with E-state index < -0.39 is 36.6 Å². The van der Waals surface area contributed by atoms with Crippen LogP contribution in [-0.4, -0.2) is 279 Å². The molecule has 0 aromatic carbocycles. The van der Waals surface area contributed by atoms with Gasteiger partial charge in [-0.15, -0.1) is 0 Å². The van der Waals surface area contributed by atoms with E-state index in [-0.39, 0.29) is 153 Å². The van der Waals surface area contributed by atoms with Crippen LogP contribution in [0.15, 0.2) is 0 Å². The standard InChI is InChI=1S/C48H102N16O12/c49-25-37(65)31-55-43(71)7-19-62(20-8-44(72)56-32-38(66)26-50)16-4-1-13-61(14-2-5-17-63(21-9-45(73)57-33-39(67)27-51)22-10-46(74)58-34-40(68)28-52)15-3-6-18-64(23-11-47(75)59-35-41(69)29-53)24-12-48(76)60-36-42(70)30-54/h37-42,65-70H,1-36,49-54H2,(H,55,71)(H,56,72)(H,57,73)(H,58,74)(H,59,75)(H,60,76). The molecule has 0 bridgehead atoms. The zero-order valence-electron chi connectivity index (χ0n) is 45.3. The van der Waals surface area contributed by atoms with Crippen LogP contribution in [0.25, 0.3) is 0 Å². The molecular weight excluding hydrogens is 993 g/mol. The minimum absolute atomic E-state index is 0.00777. The van der Waals surface area contributed by atoms with Gasteiger partial charge in [0.05, 0.1) is 36.6 Å². The number of carbonyl (C=O) groups is 6. The van der Waals surface area contributed by atoms with Gasteiger partial charge in [0, 0.05) is 156 Å². The van der Waals surface area contributed by atoms with Crippen molar-refractivity contribution < 1.29 is 59.4 Å². The number of rotatable bonds is 51. The van der Waals surface area contributed by atoms with Crippen molar-refractivity contribution >= 4 is 35.4 Å². The quantitative estimate of drug-likeness (QED) is 0.0252. The Morgan fingerprint density at radius 3 is 0.526 bits per heavy atom. The summed E-state index contributed by atoms with van der Waals surface area (Å²) in [6.07, 6.45) is 0.215. The van der Waals surface area contributed by atoms with E-state index >= 15 is 0 Å². The maximum atomic E-state index is 12.6. The van der Waals surface area contributed by atoms with Gasteiger partial charge >= 0.3 is 0 Å². The van der Waals surface area contributed by atoms with Crippen LogP contribution in [-0.2, 0) is 28.8 Å². The van der Waals surface area contributed by atoms with Crippen LogP contribution < -0.4 is 66.3 Å². The van der Waals surface area contributed by atoms with E-state index in [2.05, 4.69) is 36.8 Å². The van der Waals surface area contributed by atoms with Gasteiger partial charge < -0.3 is 117 Å². The monoisotopic (exact) mass is 1090 g/mol. The fourth-order valence-corrected chi connectivity index (χ4v) is 7.33. The van der Waals surface area contributed by atoms with Gasteiger partial charge in [-0.3, -0.25) is 28.8 Å². The van der Waals surface area contributed by atoms with Gasteiger partial charge in [0.1, 0.15) is 0 Å². The predicted octanol–water partition coefficient (Wildman–Crippen LogP) is -8.51. The van der Waals surface area contributed by atoms with Crippen molar-refractivity contribution in [3.8, 4) is 0 Å². The Morgan fingerprint density at radius 1 is 0.263 bits per heavy atom. The average molecular weight is 1100 g/mol. The van der Waals surface area contributed by atoms with Gasteiger partial charge in [-0.05, 0) is 77.8 Å². The second-order valence-corrected chi connectivity index (χ2v) is 19.1. The molecule has 0 aromatic rings. The summed E-state index contributed by atoms with van der Waals surface area (Å²) in [6, 6.07) is 0. The van der Waals surface area contributed by atoms with Crippen molar-refractivity contribution in [3.05, 3.63) is 0 Å². The van der Waals surface area contributed by atoms with Crippen LogP contribution in [0.3, 0.4) is 0 Å². The summed E-state index contributed by atoms with van der Waals surface area (Å²) in [6.45, 7) is 6.35. The molecule has 6 unspecified atom stereocenters. The average Bonchev–Trinajstić information content (AvgIpc) is 3.42. The highest BCUT2D eigenvalue weighted by Gasteiger charge is 2.18. The minimum Gasteiger partial charge on any atom is -0.390 e. The highest BCUT2D eigenvalue weighted by Crippen LogP contribution is 2.09. The first-order valence-corrected chi connectivity index (χ1v) is 27.2. The summed E-state index contributed by atoms with van der Waals surface area (Å²) in [5, 5.41) is 74.9. The molecular formula is C48H102N16O12. The second kappa shape index (κ2) is 47.2. The normalized spacial score (nSPS) is 14.1. The summed E-state index contributed by atoms with van der Waals surface area (Å²) in [4.78, 5) is 84.3. The Kier molecular flexibility index (Phi) is 44.8. The van der Waals surface area contributed by atoms with Gasteiger partial charge in [-0.1, -0.05) is 0 Å². The molecule has 0 fully saturated rings. The minimum atomic E-state index is -0.862. The number of hydrogen-bond donors (Lipinski definition) is 18. The summed E-state index contributed by atoms with van der Waals surface area (Å²) in [5.74, 6) is -1.56. The number of unbranched alkanes of at least 4 members (excludes halogenated alkanes) is 3. The van der Waals surface area contributed by atoms with E-state index in [9.17, 15) is 59.4 Å². The second-order valence-electron chi connectivity index (χ2n) is 19.1. The van der Waals surface area contributed by atoms with Crippen molar-refractivity contribution in [2.75, 3.05) is 157 Å². The van der Waals surface area contributed by atoms with Crippen molar-refractivity contribution in [2.45, 2.75) is 114 Å². The molecule has 0 heterocycles. The summed E-state index contributed by atoms with van der Waals surface area (Å²) >= 11 is 0. The van der Waals surface area contributed by atoms with E-state index in [1.165, 1.54) is 0 Å². The molecule has 0 aliphatic heterocycles. The molecule has 0 saturated heterocycles. The topological polar surface area (TPSA) is 465 Å². The van der Waals surface area contributed by atoms with Crippen LogP contribution in [0.2, 0.25) is 0 Å². The molecule has 28 heteroatoms. The third-order valence-corrected chi connectivity index (χ3v) is 12.4. The first kappa shape index (κ1) is 72.2. The molecule has 28 nitrogen and oxygen atoms in total. The number of amides is 6. The lowest BCUT2D eigenvalue weighted by atomic mass is 10.2. The molecule has 446 valence electrons. The van der Waals surface area contributed by atoms with Gasteiger partial charge in [-0.2, -0.15) is 0 Å². The van der Waals surface area contributed by atoms with Crippen molar-refractivity contribution in [1.82, 2.24) is 51.5 Å². The van der Waals surface area contributed by atoms with Crippen molar-refractivity contribution in [1.29, 1.82) is 0 Å². The third kappa shape index (κ3) is 42.2. The fourth-order valence-electron chi connectivity index (χ4n) is 7.33. The number of carbonyl (C=O) groups excluding carboxylic acids is 6. The van der Waals surface area contributed by atoms with Gasteiger partial charge in [0.2, 0.25) is 35.4 Å². The largest absolute Gasteiger partial charge is 0.390 e. The number of nitrogens with two attached hydrogens (primary N) is 6. The maximum absolute atomic E-state index is 12.6. The molecule has 0 saturated carbocycles. The van der Waals surface area contributed by atoms with E-state index in [1.807, 2.05) is 14.7 Å². The molecule has 24 N–H and O–H groups in total. The highest BCUT2D eigenvalue weighted by atomic mass is 16.3. The Labute approximate surface area is 450 Å². The smallest absolute Gasteiger partial charge is 0.221 e. The lowest BCUT2D eigenvalue weighted by Crippen LogP contribution is -2.40. The predicted molar refractivity (Wildman–Crippen MR) is 290 cm³/mol. The molecule has 0 rings (SSSR count). The number of hydrogen-bond acceptors (Lipinski definition) is 22. The lowest BCUT2D eigenvalue weighted by Gasteiger charge is -2.26. The van der Waals surface area contributed by atoms with Gasteiger partial charge in [0.25, 0.3) is 0 Å². The Morgan fingerprint density at radius 2 is 0.395 bits per heavy atom. The molecule has 0 aliphatic rings. The van der Waals surface area contributed by atoms with E-state index in [4.69, 9.17) is 34.4 Å². The number of aliphatic hydroxyl groups is 6. The van der Waals surface area contributed by atoms with Crippen molar-refractivity contribution in [2.24, 2.45) is 34.4 Å². The molecule has 6 amide bonds. The Bertz CT molecular complexity index is 1270. The molecule has 0 aromatic heterocycles. The number of nitrogens with one attached hydrogen (secondary N) is 6. The van der Waals surface area contributed by atoms with Crippen LogP contribution in [0.4, 0.5) is 0 Å². The number of aliphatic hydroxyl groups excluding tert-OH is 6. The molecule has 0 radical (unpaired) electrons. The third-order valence-electron chi connectivity index (χ3n) is 12.4. The molecule has 0 spiro atoms. The van der Waals surface area contributed by atoms with Crippen molar-refractivity contribution in [3.63, 3.8) is 0 Å². The van der Waals surface area contributed by atoms with Crippen LogP contribution >= 0.6 is 0 Å². The lowest BCUT2D eigenvalue weighted by molar-refractivity contribution is -0.123. The first-order chi connectivity index (χ1) is 36.4. The molecule has 0 aliphatic carbocycles. The highest BCUT2D eigenvalue weighted by molar-refractivity contribution is 5.78. The van der Waals surface area contributed by atoms with Crippen LogP contribution in [0, 0.1) is 0 Å². The fraction of sp³-hybridized carbons (Fsp3) is 0.875. The van der Waals surface area contributed by atoms with Crippen LogP contribution in [0.5, 0.6) is 0 Å². The molecule has 76 heavy (non-hydrogen) atoms. The summed E-state index contributed by atoms with van der Waals surface area (Å²) in [5.41, 5.74) is 32.9. The summed E-state index contributed by atoms with van der Waals surface area (Å²) in [7, 11) is 0. The van der Waals surface area contributed by atoms with E-state index in [0.717, 1.165) is 58.2 Å². The zero-order valence-corrected chi connectivity index (χ0v) is 45.3. The van der Waals surface area contributed by atoms with Crippen LogP contribution in [0.1, 0.15) is 77.0 Å². The number of nitrogens with zero attached hydrogens (tertiary/aromatic N) is 4. The van der Waals surface area contributed by atoms with Gasteiger partial charge in [0.15, 0.2) is 0 Å². The Balaban J connectivity index is 6.08. The van der Waals surface area contributed by atoms with Gasteiger partial charge in [-0.25, -0.2) is 0 Å². The Hall–Kier alpha value is -3.82. The summed E-state index contributed by atoms with van der Waals surface area (Å²) < 4.78 is 0. The molecule has 6 atom stereocenters.